The highest BCUT2D eigenvalue weighted by Crippen LogP contribution is 2.29. The summed E-state index contributed by atoms with van der Waals surface area (Å²) in [4.78, 5) is 12.3. The number of nitrogens with one attached hydrogen (secondary N) is 1. The molecule has 1 aromatic heterocycles. The molecule has 32 heavy (non-hydrogen) atoms. The minimum Gasteiger partial charge on any atom is -0.477 e. The third-order valence-electron chi connectivity index (χ3n) is 5.84. The van der Waals surface area contributed by atoms with Gasteiger partial charge in [0.25, 0.3) is 0 Å². The van der Waals surface area contributed by atoms with Crippen molar-refractivity contribution < 1.29 is 14.3 Å². The summed E-state index contributed by atoms with van der Waals surface area (Å²) in [5.74, 6) is -1.28. The topological polar surface area (TPSA) is 54.3 Å². The average molecular weight is 431 g/mol. The Labute approximate surface area is 187 Å². The van der Waals surface area contributed by atoms with Crippen LogP contribution in [0.2, 0.25) is 0 Å². The second-order valence-corrected chi connectivity index (χ2v) is 8.14. The van der Waals surface area contributed by atoms with Crippen molar-refractivity contribution in [2.24, 2.45) is 0 Å². The van der Waals surface area contributed by atoms with Gasteiger partial charge in [-0.05, 0) is 53.8 Å². The highest BCUT2D eigenvalue weighted by Gasteiger charge is 2.22. The largest absolute Gasteiger partial charge is 0.477 e. The van der Waals surface area contributed by atoms with E-state index < -0.39 is 5.97 Å². The molecular weight excluding hydrogens is 403 g/mol. The summed E-state index contributed by atoms with van der Waals surface area (Å²) in [5, 5.41) is 14.4. The number of aromatic carboxylic acids is 1. The number of hydrogen-bond donors (Lipinski definition) is 2. The zero-order valence-corrected chi connectivity index (χ0v) is 18.4. The van der Waals surface area contributed by atoms with Crippen molar-refractivity contribution in [3.63, 3.8) is 0 Å². The van der Waals surface area contributed by atoms with Gasteiger partial charge in [-0.15, -0.1) is 0 Å². The van der Waals surface area contributed by atoms with Crippen molar-refractivity contribution in [2.75, 3.05) is 0 Å². The van der Waals surface area contributed by atoms with Crippen LogP contribution in [-0.2, 0) is 26.1 Å². The Balaban J connectivity index is 1.68. The fourth-order valence-electron chi connectivity index (χ4n) is 4.12. The molecule has 164 valence electrons. The molecule has 0 saturated carbocycles. The number of carbonyl (C=O) groups is 1. The van der Waals surface area contributed by atoms with E-state index in [9.17, 15) is 14.3 Å². The van der Waals surface area contributed by atoms with E-state index in [2.05, 4.69) is 36.5 Å². The average Bonchev–Trinajstić information content (AvgIpc) is 3.08. The molecule has 0 atom stereocenters. The first-order valence-electron chi connectivity index (χ1n) is 10.8. The summed E-state index contributed by atoms with van der Waals surface area (Å²) in [7, 11) is 0. The Hall–Kier alpha value is -3.44. The first kappa shape index (κ1) is 21.8. The molecule has 0 bridgehead atoms. The number of nitrogens with zero attached hydrogens (tertiary/aromatic N) is 1. The lowest BCUT2D eigenvalue weighted by Gasteiger charge is -2.10. The number of halogens is 1. The summed E-state index contributed by atoms with van der Waals surface area (Å²) < 4.78 is 15.2. The van der Waals surface area contributed by atoms with Crippen LogP contribution in [0.4, 0.5) is 4.39 Å². The van der Waals surface area contributed by atoms with Gasteiger partial charge in [0.1, 0.15) is 11.5 Å². The number of fused-ring (bicyclic) bond motifs is 1. The van der Waals surface area contributed by atoms with E-state index in [4.69, 9.17) is 0 Å². The van der Waals surface area contributed by atoms with Crippen molar-refractivity contribution in [3.05, 3.63) is 106 Å². The summed E-state index contributed by atoms with van der Waals surface area (Å²) in [6.07, 6.45) is 1.00. The normalized spacial score (nSPS) is 11.2. The molecule has 0 unspecified atom stereocenters. The molecule has 4 nitrogen and oxygen atoms in total. The first-order chi connectivity index (χ1) is 15.5. The van der Waals surface area contributed by atoms with Crippen molar-refractivity contribution >= 4 is 16.9 Å². The Morgan fingerprint density at radius 1 is 0.938 bits per heavy atom. The van der Waals surface area contributed by atoms with E-state index in [-0.39, 0.29) is 11.5 Å². The van der Waals surface area contributed by atoms with E-state index in [1.54, 1.807) is 12.1 Å². The van der Waals surface area contributed by atoms with E-state index in [0.717, 1.165) is 39.6 Å². The van der Waals surface area contributed by atoms with Gasteiger partial charge < -0.3 is 15.0 Å². The monoisotopic (exact) mass is 430 g/mol. The highest BCUT2D eigenvalue weighted by atomic mass is 19.1. The molecule has 0 aliphatic carbocycles. The van der Waals surface area contributed by atoms with Gasteiger partial charge in [-0.2, -0.15) is 0 Å². The van der Waals surface area contributed by atoms with Gasteiger partial charge in [0.15, 0.2) is 0 Å². The molecule has 0 aliphatic rings. The number of rotatable bonds is 8. The van der Waals surface area contributed by atoms with Gasteiger partial charge in [0, 0.05) is 36.1 Å². The number of aryl methyl sites for hydroxylation is 2. The maximum Gasteiger partial charge on any atom is 0.352 e. The van der Waals surface area contributed by atoms with Crippen LogP contribution in [-0.4, -0.2) is 15.6 Å². The number of carboxylic acid groups (broad SMARTS) is 1. The van der Waals surface area contributed by atoms with Gasteiger partial charge in [-0.1, -0.05) is 55.5 Å². The number of benzene rings is 3. The van der Waals surface area contributed by atoms with Crippen LogP contribution in [0.5, 0.6) is 0 Å². The van der Waals surface area contributed by atoms with Crippen LogP contribution in [0.25, 0.3) is 10.9 Å². The second kappa shape index (κ2) is 9.37. The molecule has 0 saturated heterocycles. The molecule has 0 spiro atoms. The standard InChI is InChI=1S/C27H27FN2O2/c1-3-19-5-7-20(8-6-19)15-29-16-24-23-13-4-18(2)14-25(23)30(26(24)27(31)32)17-21-9-11-22(28)12-10-21/h4-14,29H,3,15-17H2,1-2H3,(H,31,32). The molecule has 0 amide bonds. The lowest BCUT2D eigenvalue weighted by molar-refractivity contribution is 0.0684. The second-order valence-electron chi connectivity index (χ2n) is 8.14. The van der Waals surface area contributed by atoms with Gasteiger partial charge >= 0.3 is 5.97 Å². The molecule has 4 rings (SSSR count). The quantitative estimate of drug-likeness (QED) is 0.378. The fraction of sp³-hybridized carbons (Fsp3) is 0.222. The zero-order valence-electron chi connectivity index (χ0n) is 18.4. The van der Waals surface area contributed by atoms with E-state index >= 15 is 0 Å². The molecule has 0 fully saturated rings. The molecule has 3 aromatic carbocycles. The zero-order chi connectivity index (χ0) is 22.7. The maximum absolute atomic E-state index is 13.4. The Bertz CT molecular complexity index is 1240. The fourth-order valence-corrected chi connectivity index (χ4v) is 4.12. The lowest BCUT2D eigenvalue weighted by Crippen LogP contribution is -2.17. The predicted molar refractivity (Wildman–Crippen MR) is 126 cm³/mol. The van der Waals surface area contributed by atoms with Crippen LogP contribution in [0.15, 0.2) is 66.7 Å². The van der Waals surface area contributed by atoms with Gasteiger partial charge in [0.2, 0.25) is 0 Å². The summed E-state index contributed by atoms with van der Waals surface area (Å²) in [6.45, 7) is 5.57. The lowest BCUT2D eigenvalue weighted by atomic mass is 10.1. The van der Waals surface area contributed by atoms with Crippen molar-refractivity contribution in [1.29, 1.82) is 0 Å². The van der Waals surface area contributed by atoms with Crippen LogP contribution in [0.3, 0.4) is 0 Å². The van der Waals surface area contributed by atoms with E-state index in [0.29, 0.717) is 19.6 Å². The summed E-state index contributed by atoms with van der Waals surface area (Å²) in [6, 6.07) is 20.6. The number of aromatic nitrogens is 1. The van der Waals surface area contributed by atoms with Crippen LogP contribution in [0, 0.1) is 12.7 Å². The molecule has 0 aliphatic heterocycles. The van der Waals surface area contributed by atoms with Crippen LogP contribution in [0.1, 0.15) is 45.2 Å². The molecule has 5 heteroatoms. The van der Waals surface area contributed by atoms with Crippen LogP contribution >= 0.6 is 0 Å². The van der Waals surface area contributed by atoms with Crippen molar-refractivity contribution in [2.45, 2.75) is 39.9 Å². The third kappa shape index (κ3) is 4.58. The van der Waals surface area contributed by atoms with Crippen molar-refractivity contribution in [3.8, 4) is 0 Å². The number of hydrogen-bond acceptors (Lipinski definition) is 2. The summed E-state index contributed by atoms with van der Waals surface area (Å²) in [5.41, 5.74) is 6.26. The minimum absolute atomic E-state index is 0.267. The van der Waals surface area contributed by atoms with Gasteiger partial charge in [-0.25, -0.2) is 9.18 Å². The van der Waals surface area contributed by atoms with Gasteiger partial charge in [0.05, 0.1) is 0 Å². The SMILES string of the molecule is CCc1ccc(CNCc2c(C(=O)O)n(Cc3ccc(F)cc3)c3cc(C)ccc23)cc1. The van der Waals surface area contributed by atoms with Crippen LogP contribution < -0.4 is 5.32 Å². The van der Waals surface area contributed by atoms with Crippen molar-refractivity contribution in [1.82, 2.24) is 9.88 Å². The van der Waals surface area contributed by atoms with E-state index in [1.807, 2.05) is 29.7 Å². The molecule has 0 radical (unpaired) electrons. The highest BCUT2D eigenvalue weighted by molar-refractivity contribution is 5.98. The van der Waals surface area contributed by atoms with Gasteiger partial charge in [-0.3, -0.25) is 0 Å². The minimum atomic E-state index is -0.968. The predicted octanol–water partition coefficient (Wildman–Crippen LogP) is 5.69. The Kier molecular flexibility index (Phi) is 6.37. The molecule has 1 heterocycles. The molecule has 2 N–H and O–H groups in total. The summed E-state index contributed by atoms with van der Waals surface area (Å²) >= 11 is 0. The Morgan fingerprint density at radius 2 is 1.59 bits per heavy atom. The number of carboxylic acids is 1. The molecular formula is C27H27FN2O2. The molecule has 4 aromatic rings. The maximum atomic E-state index is 13.4. The smallest absolute Gasteiger partial charge is 0.352 e. The first-order valence-corrected chi connectivity index (χ1v) is 10.8. The van der Waals surface area contributed by atoms with E-state index in [1.165, 1.54) is 17.7 Å². The third-order valence-corrected chi connectivity index (χ3v) is 5.84. The Morgan fingerprint density at radius 3 is 2.25 bits per heavy atom.